The first-order valence-corrected chi connectivity index (χ1v) is 10.4. The van der Waals surface area contributed by atoms with Gasteiger partial charge in [-0.25, -0.2) is 4.79 Å². The summed E-state index contributed by atoms with van der Waals surface area (Å²) in [5.74, 6) is 0.0460. The van der Waals surface area contributed by atoms with E-state index in [4.69, 9.17) is 0 Å². The minimum absolute atomic E-state index is 0.187. The summed E-state index contributed by atoms with van der Waals surface area (Å²) in [4.78, 5) is 38.9. The number of urea groups is 1. The van der Waals surface area contributed by atoms with Gasteiger partial charge in [0.1, 0.15) is 12.1 Å². The molecule has 1 unspecified atom stereocenters. The van der Waals surface area contributed by atoms with Crippen LogP contribution in [-0.2, 0) is 16.0 Å². The molecule has 1 heterocycles. The standard InChI is InChI=1S/C22H31N3O3/c1-4-16-6-8-18(9-7-16)15(3)23-19(26)14-25-20(27)22(24-21(25)28)12-10-17(5-2)11-13-22/h6-9,15,17H,4-5,10-14H2,1-3H3,(H,23,26)(H,24,28). The smallest absolute Gasteiger partial charge is 0.325 e. The van der Waals surface area contributed by atoms with Crippen LogP contribution in [0.5, 0.6) is 0 Å². The van der Waals surface area contributed by atoms with Crippen LogP contribution in [0.3, 0.4) is 0 Å². The summed E-state index contributed by atoms with van der Waals surface area (Å²) in [7, 11) is 0. The zero-order valence-corrected chi connectivity index (χ0v) is 17.1. The number of aryl methyl sites for hydroxylation is 1. The van der Waals surface area contributed by atoms with Crippen LogP contribution in [0.15, 0.2) is 24.3 Å². The Morgan fingerprint density at radius 1 is 1.21 bits per heavy atom. The second kappa shape index (κ2) is 8.33. The van der Waals surface area contributed by atoms with Crippen LogP contribution in [0.25, 0.3) is 0 Å². The number of rotatable bonds is 6. The predicted molar refractivity (Wildman–Crippen MR) is 108 cm³/mol. The normalized spacial score (nSPS) is 25.7. The first kappa shape index (κ1) is 20.4. The molecule has 1 saturated carbocycles. The number of hydrogen-bond acceptors (Lipinski definition) is 3. The number of carbonyl (C=O) groups is 3. The van der Waals surface area contributed by atoms with Crippen molar-refractivity contribution in [1.29, 1.82) is 0 Å². The lowest BCUT2D eigenvalue weighted by atomic mass is 9.75. The van der Waals surface area contributed by atoms with Gasteiger partial charge in [0.05, 0.1) is 6.04 Å². The van der Waals surface area contributed by atoms with Gasteiger partial charge in [-0.05, 0) is 56.1 Å². The summed E-state index contributed by atoms with van der Waals surface area (Å²) in [6, 6.07) is 7.46. The van der Waals surface area contributed by atoms with Crippen LogP contribution in [0.2, 0.25) is 0 Å². The van der Waals surface area contributed by atoms with Crippen molar-refractivity contribution in [2.45, 2.75) is 70.9 Å². The molecule has 2 fully saturated rings. The van der Waals surface area contributed by atoms with E-state index in [1.165, 1.54) is 5.56 Å². The summed E-state index contributed by atoms with van der Waals surface area (Å²) in [5.41, 5.74) is 1.44. The molecule has 152 valence electrons. The predicted octanol–water partition coefficient (Wildman–Crippen LogP) is 3.32. The van der Waals surface area contributed by atoms with Crippen LogP contribution in [0.4, 0.5) is 4.79 Å². The maximum atomic E-state index is 12.9. The monoisotopic (exact) mass is 385 g/mol. The van der Waals surface area contributed by atoms with E-state index in [2.05, 4.69) is 24.5 Å². The van der Waals surface area contributed by atoms with Crippen LogP contribution in [0, 0.1) is 5.92 Å². The van der Waals surface area contributed by atoms with Crippen molar-refractivity contribution in [2.24, 2.45) is 5.92 Å². The highest BCUT2D eigenvalue weighted by molar-refractivity contribution is 6.09. The molecular formula is C22H31N3O3. The largest absolute Gasteiger partial charge is 0.348 e. The third-order valence-electron chi connectivity index (χ3n) is 6.35. The Kier molecular flexibility index (Phi) is 6.06. The average molecular weight is 386 g/mol. The highest BCUT2D eigenvalue weighted by atomic mass is 16.2. The van der Waals surface area contributed by atoms with E-state index >= 15 is 0 Å². The number of carbonyl (C=O) groups excluding carboxylic acids is 3. The molecule has 1 atom stereocenters. The zero-order chi connectivity index (χ0) is 20.3. The van der Waals surface area contributed by atoms with Gasteiger partial charge in [-0.3, -0.25) is 14.5 Å². The topological polar surface area (TPSA) is 78.5 Å². The number of hydrogen-bond donors (Lipinski definition) is 2. The number of amides is 4. The van der Waals surface area contributed by atoms with E-state index in [-0.39, 0.29) is 24.4 Å². The van der Waals surface area contributed by atoms with Crippen LogP contribution in [0.1, 0.15) is 70.0 Å². The summed E-state index contributed by atoms with van der Waals surface area (Å²) in [6.07, 6.45) is 5.26. The van der Waals surface area contributed by atoms with E-state index in [9.17, 15) is 14.4 Å². The Morgan fingerprint density at radius 2 is 1.86 bits per heavy atom. The van der Waals surface area contributed by atoms with Crippen LogP contribution in [-0.4, -0.2) is 34.8 Å². The molecule has 6 nitrogen and oxygen atoms in total. The molecule has 2 N–H and O–H groups in total. The Labute approximate surface area is 167 Å². The molecule has 0 bridgehead atoms. The van der Waals surface area contributed by atoms with Gasteiger partial charge in [0.15, 0.2) is 0 Å². The number of benzene rings is 1. The first-order chi connectivity index (χ1) is 13.4. The molecule has 1 saturated heterocycles. The average Bonchev–Trinajstić information content (AvgIpc) is 2.92. The van der Waals surface area contributed by atoms with E-state index in [1.54, 1.807) is 0 Å². The maximum absolute atomic E-state index is 12.9. The molecule has 0 aromatic heterocycles. The maximum Gasteiger partial charge on any atom is 0.325 e. The highest BCUT2D eigenvalue weighted by Crippen LogP contribution is 2.37. The molecule has 6 heteroatoms. The van der Waals surface area contributed by atoms with Crippen molar-refractivity contribution in [1.82, 2.24) is 15.5 Å². The molecule has 0 radical (unpaired) electrons. The van der Waals surface area contributed by atoms with Crippen molar-refractivity contribution in [3.8, 4) is 0 Å². The summed E-state index contributed by atoms with van der Waals surface area (Å²) in [6.45, 7) is 5.92. The van der Waals surface area contributed by atoms with Crippen molar-refractivity contribution >= 4 is 17.8 Å². The van der Waals surface area contributed by atoms with Crippen LogP contribution < -0.4 is 10.6 Å². The van der Waals surface area contributed by atoms with Gasteiger partial charge >= 0.3 is 6.03 Å². The molecule has 1 aliphatic heterocycles. The van der Waals surface area contributed by atoms with E-state index in [0.29, 0.717) is 18.8 Å². The summed E-state index contributed by atoms with van der Waals surface area (Å²) < 4.78 is 0. The molecular weight excluding hydrogens is 354 g/mol. The zero-order valence-electron chi connectivity index (χ0n) is 17.1. The third-order valence-corrected chi connectivity index (χ3v) is 6.35. The highest BCUT2D eigenvalue weighted by Gasteiger charge is 2.52. The SMILES string of the molecule is CCc1ccc(C(C)NC(=O)CN2C(=O)NC3(CCC(CC)CC3)C2=O)cc1. The molecule has 3 rings (SSSR count). The van der Waals surface area contributed by atoms with Gasteiger partial charge in [-0.1, -0.05) is 44.5 Å². The van der Waals surface area contributed by atoms with E-state index in [0.717, 1.165) is 36.1 Å². The minimum atomic E-state index is -0.801. The third kappa shape index (κ3) is 4.05. The Bertz CT molecular complexity index is 736. The lowest BCUT2D eigenvalue weighted by Gasteiger charge is -2.34. The second-order valence-corrected chi connectivity index (χ2v) is 8.14. The fourth-order valence-electron chi connectivity index (χ4n) is 4.29. The van der Waals surface area contributed by atoms with Gasteiger partial charge in [0.2, 0.25) is 5.91 Å². The van der Waals surface area contributed by atoms with Crippen molar-refractivity contribution in [3.63, 3.8) is 0 Å². The Morgan fingerprint density at radius 3 is 2.43 bits per heavy atom. The Hall–Kier alpha value is -2.37. The number of nitrogens with zero attached hydrogens (tertiary/aromatic N) is 1. The van der Waals surface area contributed by atoms with Crippen molar-refractivity contribution < 1.29 is 14.4 Å². The van der Waals surface area contributed by atoms with Crippen molar-refractivity contribution in [2.75, 3.05) is 6.54 Å². The second-order valence-electron chi connectivity index (χ2n) is 8.14. The fraction of sp³-hybridized carbons (Fsp3) is 0.591. The van der Waals surface area contributed by atoms with Gasteiger partial charge in [0, 0.05) is 0 Å². The fourth-order valence-corrected chi connectivity index (χ4v) is 4.29. The lowest BCUT2D eigenvalue weighted by molar-refractivity contribution is -0.136. The van der Waals surface area contributed by atoms with Gasteiger partial charge in [-0.15, -0.1) is 0 Å². The first-order valence-electron chi connectivity index (χ1n) is 10.4. The van der Waals surface area contributed by atoms with E-state index in [1.807, 2.05) is 31.2 Å². The van der Waals surface area contributed by atoms with Gasteiger partial charge in [-0.2, -0.15) is 0 Å². The summed E-state index contributed by atoms with van der Waals surface area (Å²) in [5, 5.41) is 5.77. The van der Waals surface area contributed by atoms with Gasteiger partial charge < -0.3 is 10.6 Å². The summed E-state index contributed by atoms with van der Waals surface area (Å²) >= 11 is 0. The van der Waals surface area contributed by atoms with E-state index < -0.39 is 11.6 Å². The number of imide groups is 1. The molecule has 2 aliphatic rings. The molecule has 4 amide bonds. The molecule has 1 aromatic rings. The molecule has 1 aromatic carbocycles. The van der Waals surface area contributed by atoms with Crippen LogP contribution >= 0.6 is 0 Å². The van der Waals surface area contributed by atoms with Crippen molar-refractivity contribution in [3.05, 3.63) is 35.4 Å². The molecule has 28 heavy (non-hydrogen) atoms. The molecule has 1 spiro atoms. The lowest BCUT2D eigenvalue weighted by Crippen LogP contribution is -2.50. The number of nitrogens with one attached hydrogen (secondary N) is 2. The molecule has 1 aliphatic carbocycles. The minimum Gasteiger partial charge on any atom is -0.348 e. The van der Waals surface area contributed by atoms with Gasteiger partial charge in [0.25, 0.3) is 5.91 Å². The quantitative estimate of drug-likeness (QED) is 0.738. The Balaban J connectivity index is 1.59.